The molecule has 0 fully saturated rings. The number of aromatic nitrogens is 3. The highest BCUT2D eigenvalue weighted by molar-refractivity contribution is 7.80. The van der Waals surface area contributed by atoms with Gasteiger partial charge < -0.3 is 15.4 Å². The van der Waals surface area contributed by atoms with Gasteiger partial charge in [0.1, 0.15) is 18.2 Å². The van der Waals surface area contributed by atoms with Crippen LogP contribution in [0, 0.1) is 11.6 Å². The van der Waals surface area contributed by atoms with Gasteiger partial charge in [-0.05, 0) is 35.3 Å². The van der Waals surface area contributed by atoms with E-state index in [2.05, 4.69) is 15.4 Å². The molecular weight excluding hydrogens is 472 g/mol. The lowest BCUT2D eigenvalue weighted by Gasteiger charge is -2.27. The number of H-pyrrole nitrogens is 1. The highest BCUT2D eigenvalue weighted by Gasteiger charge is 2.25. The SMILES string of the molecule is NC(=S)CC(c1cc(F)c(C2=CCN(C(=O)COCc3ccccc3)CC2)c(F)c1)c1cn[nH]n1. The molecule has 0 saturated heterocycles. The number of rotatable bonds is 9. The molecule has 1 amide bonds. The Morgan fingerprint density at radius 3 is 2.57 bits per heavy atom. The second-order valence-corrected chi connectivity index (χ2v) is 8.80. The Bertz CT molecular complexity index is 1190. The van der Waals surface area contributed by atoms with Gasteiger partial charge in [0.05, 0.1) is 23.5 Å². The van der Waals surface area contributed by atoms with Crippen LogP contribution in [0.5, 0.6) is 0 Å². The minimum absolute atomic E-state index is 0.0536. The van der Waals surface area contributed by atoms with Crippen LogP contribution in [0.2, 0.25) is 0 Å². The van der Waals surface area contributed by atoms with Crippen LogP contribution in [0.1, 0.15) is 41.1 Å². The van der Waals surface area contributed by atoms with Gasteiger partial charge in [-0.3, -0.25) is 4.79 Å². The summed E-state index contributed by atoms with van der Waals surface area (Å²) in [6.45, 7) is 0.895. The third-order valence-electron chi connectivity index (χ3n) is 5.88. The third-order valence-corrected chi connectivity index (χ3v) is 6.05. The van der Waals surface area contributed by atoms with Crippen molar-refractivity contribution < 1.29 is 18.3 Å². The number of thiocarbonyl (C=S) groups is 1. The van der Waals surface area contributed by atoms with Crippen molar-refractivity contribution in [1.82, 2.24) is 20.3 Å². The predicted molar refractivity (Wildman–Crippen MR) is 131 cm³/mol. The molecule has 1 atom stereocenters. The molecule has 2 heterocycles. The van der Waals surface area contributed by atoms with Crippen molar-refractivity contribution in [2.45, 2.75) is 25.4 Å². The lowest BCUT2D eigenvalue weighted by molar-refractivity contribution is -0.136. The van der Waals surface area contributed by atoms with E-state index >= 15 is 8.78 Å². The Morgan fingerprint density at radius 2 is 1.97 bits per heavy atom. The first-order chi connectivity index (χ1) is 16.9. The van der Waals surface area contributed by atoms with Crippen LogP contribution in [0.25, 0.3) is 5.57 Å². The van der Waals surface area contributed by atoms with Crippen LogP contribution in [0.4, 0.5) is 8.78 Å². The molecule has 182 valence electrons. The number of nitrogens with two attached hydrogens (primary N) is 1. The molecule has 35 heavy (non-hydrogen) atoms. The van der Waals surface area contributed by atoms with Gasteiger partial charge in [0.2, 0.25) is 5.91 Å². The van der Waals surface area contributed by atoms with Gasteiger partial charge in [-0.2, -0.15) is 15.4 Å². The summed E-state index contributed by atoms with van der Waals surface area (Å²) in [6.07, 6.45) is 3.69. The number of ether oxygens (including phenoxy) is 1. The molecule has 0 bridgehead atoms. The van der Waals surface area contributed by atoms with E-state index in [9.17, 15) is 4.79 Å². The Morgan fingerprint density at radius 1 is 1.23 bits per heavy atom. The fourth-order valence-corrected chi connectivity index (χ4v) is 4.28. The summed E-state index contributed by atoms with van der Waals surface area (Å²) in [5.74, 6) is -2.06. The summed E-state index contributed by atoms with van der Waals surface area (Å²) >= 11 is 5.00. The van der Waals surface area contributed by atoms with Crippen LogP contribution in [-0.4, -0.2) is 50.9 Å². The van der Waals surface area contributed by atoms with Gasteiger partial charge in [0.15, 0.2) is 0 Å². The van der Waals surface area contributed by atoms with Gasteiger partial charge in [-0.1, -0.05) is 48.6 Å². The van der Waals surface area contributed by atoms with Gasteiger partial charge in [-0.25, -0.2) is 8.78 Å². The molecule has 1 aromatic heterocycles. The molecule has 2 aromatic carbocycles. The fraction of sp³-hybridized carbons (Fsp3) is 0.280. The first-order valence-electron chi connectivity index (χ1n) is 11.1. The van der Waals surface area contributed by atoms with Crippen molar-refractivity contribution in [3.05, 3.63) is 88.8 Å². The summed E-state index contributed by atoms with van der Waals surface area (Å²) in [5.41, 5.74) is 7.97. The molecule has 0 spiro atoms. The maximum absolute atomic E-state index is 15.1. The summed E-state index contributed by atoms with van der Waals surface area (Å²) in [6, 6.07) is 12.1. The van der Waals surface area contributed by atoms with Crippen molar-refractivity contribution in [2.24, 2.45) is 5.73 Å². The van der Waals surface area contributed by atoms with E-state index in [1.165, 1.54) is 18.3 Å². The molecular formula is C25H25F2N5O2S. The van der Waals surface area contributed by atoms with Crippen LogP contribution in [-0.2, 0) is 16.1 Å². The summed E-state index contributed by atoms with van der Waals surface area (Å²) < 4.78 is 35.8. The Labute approximate surface area is 207 Å². The molecule has 0 radical (unpaired) electrons. The Balaban J connectivity index is 1.43. The van der Waals surface area contributed by atoms with Crippen molar-refractivity contribution in [2.75, 3.05) is 19.7 Å². The van der Waals surface area contributed by atoms with Crippen molar-refractivity contribution in [3.8, 4) is 0 Å². The van der Waals surface area contributed by atoms with Gasteiger partial charge >= 0.3 is 0 Å². The van der Waals surface area contributed by atoms with Crippen LogP contribution < -0.4 is 5.73 Å². The number of nitrogens with one attached hydrogen (secondary N) is 1. The molecule has 0 aliphatic carbocycles. The number of aromatic amines is 1. The molecule has 10 heteroatoms. The highest BCUT2D eigenvalue weighted by atomic mass is 32.1. The first kappa shape index (κ1) is 24.6. The van der Waals surface area contributed by atoms with Crippen LogP contribution in [0.15, 0.2) is 54.7 Å². The van der Waals surface area contributed by atoms with E-state index in [1.807, 2.05) is 30.3 Å². The maximum atomic E-state index is 15.1. The highest BCUT2D eigenvalue weighted by Crippen LogP contribution is 2.33. The average molecular weight is 498 g/mol. The van der Waals surface area contributed by atoms with E-state index in [0.29, 0.717) is 36.4 Å². The molecule has 1 aliphatic heterocycles. The monoisotopic (exact) mass is 497 g/mol. The van der Waals surface area contributed by atoms with Crippen molar-refractivity contribution in [3.63, 3.8) is 0 Å². The number of amides is 1. The zero-order valence-electron chi connectivity index (χ0n) is 18.9. The average Bonchev–Trinajstić information content (AvgIpc) is 3.38. The number of hydrogen-bond acceptors (Lipinski definition) is 5. The number of hydrogen-bond donors (Lipinski definition) is 2. The molecule has 1 aliphatic rings. The molecule has 7 nitrogen and oxygen atoms in total. The fourth-order valence-electron chi connectivity index (χ4n) is 4.12. The van der Waals surface area contributed by atoms with Crippen LogP contribution in [0.3, 0.4) is 0 Å². The molecule has 1 unspecified atom stereocenters. The van der Waals surface area contributed by atoms with Crippen LogP contribution >= 0.6 is 12.2 Å². The summed E-state index contributed by atoms with van der Waals surface area (Å²) in [5, 5.41) is 10.3. The van der Waals surface area contributed by atoms with E-state index in [0.717, 1.165) is 5.56 Å². The Kier molecular flexibility index (Phi) is 7.94. The quantitative estimate of drug-likeness (QED) is 0.438. The topological polar surface area (TPSA) is 97.1 Å². The predicted octanol–water partition coefficient (Wildman–Crippen LogP) is 3.72. The first-order valence-corrected chi connectivity index (χ1v) is 11.5. The Hall–Kier alpha value is -3.50. The molecule has 4 rings (SSSR count). The molecule has 3 N–H and O–H groups in total. The molecule has 0 saturated carbocycles. The second kappa shape index (κ2) is 11.3. The number of carbonyl (C=O) groups excluding carboxylic acids is 1. The van der Waals surface area contributed by atoms with Crippen molar-refractivity contribution >= 4 is 28.7 Å². The van der Waals surface area contributed by atoms with Gasteiger partial charge in [0, 0.05) is 31.0 Å². The van der Waals surface area contributed by atoms with E-state index < -0.39 is 17.6 Å². The number of nitrogens with zero attached hydrogens (tertiary/aromatic N) is 3. The van der Waals surface area contributed by atoms with Gasteiger partial charge in [0.25, 0.3) is 0 Å². The third kappa shape index (κ3) is 6.14. The summed E-state index contributed by atoms with van der Waals surface area (Å²) in [4.78, 5) is 14.3. The molecule has 3 aromatic rings. The van der Waals surface area contributed by atoms with E-state index in [4.69, 9.17) is 22.7 Å². The van der Waals surface area contributed by atoms with E-state index in [1.54, 1.807) is 11.0 Å². The maximum Gasteiger partial charge on any atom is 0.248 e. The standard InChI is InChI=1S/C25H25F2N5O2S/c26-20-10-18(19(12-23(28)35)22-13-29-31-30-22)11-21(27)25(20)17-6-8-32(9-7-17)24(33)15-34-14-16-4-2-1-3-5-16/h1-6,10-11,13,19H,7-9,12,14-15H2,(H2,28,35)(H,29,30,31). The lowest BCUT2D eigenvalue weighted by Crippen LogP contribution is -2.37. The minimum Gasteiger partial charge on any atom is -0.393 e. The number of carbonyl (C=O) groups is 1. The van der Waals surface area contributed by atoms with E-state index in [-0.39, 0.29) is 36.0 Å². The number of benzene rings is 2. The largest absolute Gasteiger partial charge is 0.393 e. The normalized spacial score (nSPS) is 14.5. The lowest BCUT2D eigenvalue weighted by atomic mass is 9.89. The van der Waals surface area contributed by atoms with Gasteiger partial charge in [-0.15, -0.1) is 0 Å². The zero-order valence-corrected chi connectivity index (χ0v) is 19.7. The second-order valence-electron chi connectivity index (χ2n) is 8.27. The zero-order chi connectivity index (χ0) is 24.8. The minimum atomic E-state index is -0.686. The smallest absolute Gasteiger partial charge is 0.248 e. The summed E-state index contributed by atoms with van der Waals surface area (Å²) in [7, 11) is 0. The van der Waals surface area contributed by atoms with Crippen molar-refractivity contribution in [1.29, 1.82) is 0 Å². The number of halogens is 2.